The van der Waals surface area contributed by atoms with E-state index in [-0.39, 0.29) is 23.8 Å². The van der Waals surface area contributed by atoms with Crippen molar-refractivity contribution in [1.82, 2.24) is 20.0 Å². The van der Waals surface area contributed by atoms with E-state index < -0.39 is 0 Å². The van der Waals surface area contributed by atoms with E-state index in [2.05, 4.69) is 10.2 Å². The number of H-pyrrole nitrogens is 1. The number of hydrogen-bond donors (Lipinski definition) is 1. The first kappa shape index (κ1) is 15.0. The molecule has 2 bridgehead atoms. The lowest BCUT2D eigenvalue weighted by Gasteiger charge is -2.29. The Bertz CT molecular complexity index is 531. The number of nitrogens with one attached hydrogen (secondary N) is 1. The summed E-state index contributed by atoms with van der Waals surface area (Å²) in [6.45, 7) is 1.98. The van der Waals surface area contributed by atoms with Gasteiger partial charge in [-0.15, -0.1) is 0 Å². The van der Waals surface area contributed by atoms with E-state index in [1.54, 1.807) is 11.1 Å². The van der Waals surface area contributed by atoms with E-state index in [9.17, 15) is 9.59 Å². The van der Waals surface area contributed by atoms with Gasteiger partial charge in [0.25, 0.3) is 0 Å². The second-order valence-corrected chi connectivity index (χ2v) is 6.10. The molecule has 0 unspecified atom stereocenters. The summed E-state index contributed by atoms with van der Waals surface area (Å²) < 4.78 is 5.55. The van der Waals surface area contributed by atoms with Crippen LogP contribution in [0.4, 0.5) is 0 Å². The van der Waals surface area contributed by atoms with Gasteiger partial charge in [-0.25, -0.2) is 0 Å². The van der Waals surface area contributed by atoms with Gasteiger partial charge < -0.3 is 14.5 Å². The molecule has 7 heteroatoms. The third-order valence-electron chi connectivity index (χ3n) is 4.51. The van der Waals surface area contributed by atoms with Crippen LogP contribution in [0.25, 0.3) is 0 Å². The number of fused-ring (bicyclic) bond motifs is 3. The van der Waals surface area contributed by atoms with Crippen LogP contribution in [0.15, 0.2) is 12.4 Å². The van der Waals surface area contributed by atoms with Crippen molar-refractivity contribution in [2.75, 3.05) is 33.4 Å². The molecule has 0 saturated carbocycles. The van der Waals surface area contributed by atoms with Crippen molar-refractivity contribution in [2.24, 2.45) is 5.92 Å². The van der Waals surface area contributed by atoms with Gasteiger partial charge in [-0.1, -0.05) is 0 Å². The lowest BCUT2D eigenvalue weighted by atomic mass is 10.1. The molecule has 1 aromatic rings. The zero-order chi connectivity index (χ0) is 15.5. The number of rotatable bonds is 4. The topological polar surface area (TPSA) is 78.5 Å². The van der Waals surface area contributed by atoms with Gasteiger partial charge in [0.2, 0.25) is 11.8 Å². The number of aromatic amines is 1. The number of carbonyl (C=O) groups excluding carboxylic acids is 2. The van der Waals surface area contributed by atoms with Gasteiger partial charge in [-0.05, 0) is 18.4 Å². The van der Waals surface area contributed by atoms with Gasteiger partial charge in [0.15, 0.2) is 0 Å². The highest BCUT2D eigenvalue weighted by atomic mass is 16.5. The van der Waals surface area contributed by atoms with E-state index in [1.807, 2.05) is 18.1 Å². The second-order valence-electron chi connectivity index (χ2n) is 6.10. The lowest BCUT2D eigenvalue weighted by Crippen LogP contribution is -2.45. The highest BCUT2D eigenvalue weighted by Crippen LogP contribution is 2.20. The number of amides is 2. The lowest BCUT2D eigenvalue weighted by molar-refractivity contribution is -0.134. The smallest absolute Gasteiger partial charge is 0.229 e. The summed E-state index contributed by atoms with van der Waals surface area (Å²) in [6, 6.07) is -0.0298. The van der Waals surface area contributed by atoms with Gasteiger partial charge in [0, 0.05) is 32.8 Å². The molecule has 3 rings (SSSR count). The Morgan fingerprint density at radius 1 is 1.45 bits per heavy atom. The zero-order valence-corrected chi connectivity index (χ0v) is 12.8. The van der Waals surface area contributed by atoms with Crippen molar-refractivity contribution in [3.63, 3.8) is 0 Å². The fourth-order valence-corrected chi connectivity index (χ4v) is 3.12. The summed E-state index contributed by atoms with van der Waals surface area (Å²) in [4.78, 5) is 28.3. The van der Waals surface area contributed by atoms with E-state index >= 15 is 0 Å². The molecule has 0 spiro atoms. The summed E-state index contributed by atoms with van der Waals surface area (Å²) in [5.41, 5.74) is 1.11. The third kappa shape index (κ3) is 3.14. The number of aromatic nitrogens is 2. The molecule has 1 aromatic heterocycles. The van der Waals surface area contributed by atoms with Crippen molar-refractivity contribution < 1.29 is 14.3 Å². The molecule has 3 heterocycles. The Balaban J connectivity index is 1.57. The Morgan fingerprint density at radius 3 is 3.09 bits per heavy atom. The summed E-state index contributed by atoms with van der Waals surface area (Å²) in [5, 5.41) is 6.67. The number of carbonyl (C=O) groups is 2. The van der Waals surface area contributed by atoms with E-state index in [4.69, 9.17) is 4.74 Å². The first-order chi connectivity index (χ1) is 10.6. The van der Waals surface area contributed by atoms with Crippen molar-refractivity contribution in [3.8, 4) is 0 Å². The minimum absolute atomic E-state index is 0.0298. The Hall–Kier alpha value is -1.89. The maximum absolute atomic E-state index is 12.5. The molecule has 0 aliphatic carbocycles. The van der Waals surface area contributed by atoms with E-state index in [0.717, 1.165) is 18.4 Å². The molecule has 2 saturated heterocycles. The molecule has 2 aliphatic rings. The highest BCUT2D eigenvalue weighted by Gasteiger charge is 2.38. The van der Waals surface area contributed by atoms with Crippen molar-refractivity contribution in [3.05, 3.63) is 18.0 Å². The van der Waals surface area contributed by atoms with Crippen LogP contribution in [0.1, 0.15) is 18.4 Å². The first-order valence-corrected chi connectivity index (χ1v) is 7.75. The molecule has 0 aromatic carbocycles. The average Bonchev–Trinajstić information content (AvgIpc) is 2.91. The highest BCUT2D eigenvalue weighted by molar-refractivity contribution is 5.82. The molecule has 2 fully saturated rings. The largest absolute Gasteiger partial charge is 0.378 e. The van der Waals surface area contributed by atoms with Crippen LogP contribution in [0.2, 0.25) is 0 Å². The van der Waals surface area contributed by atoms with Gasteiger partial charge in [-0.2, -0.15) is 5.10 Å². The number of ether oxygens (including phenoxy) is 1. The number of nitrogens with zero attached hydrogens (tertiary/aromatic N) is 3. The molecule has 7 nitrogen and oxygen atoms in total. The van der Waals surface area contributed by atoms with Gasteiger partial charge in [-0.3, -0.25) is 14.7 Å². The summed E-state index contributed by atoms with van der Waals surface area (Å²) in [6.07, 6.45) is 5.77. The Labute approximate surface area is 129 Å². The van der Waals surface area contributed by atoms with E-state index in [0.29, 0.717) is 32.7 Å². The number of hydrogen-bond acceptors (Lipinski definition) is 4. The molecule has 1 N–H and O–H groups in total. The predicted octanol–water partition coefficient (Wildman–Crippen LogP) is 0.0480. The minimum Gasteiger partial charge on any atom is -0.378 e. The zero-order valence-electron chi connectivity index (χ0n) is 12.8. The number of aryl methyl sites for hydroxylation is 1. The van der Waals surface area contributed by atoms with Crippen LogP contribution in [-0.4, -0.2) is 71.2 Å². The van der Waals surface area contributed by atoms with Crippen LogP contribution in [0.3, 0.4) is 0 Å². The average molecular weight is 306 g/mol. The fraction of sp³-hybridized carbons (Fsp3) is 0.667. The Kier molecular flexibility index (Phi) is 4.42. The van der Waals surface area contributed by atoms with Crippen LogP contribution >= 0.6 is 0 Å². The third-order valence-corrected chi connectivity index (χ3v) is 4.51. The quantitative estimate of drug-likeness (QED) is 0.852. The Morgan fingerprint density at radius 2 is 2.32 bits per heavy atom. The fourth-order valence-electron chi connectivity index (χ4n) is 3.12. The SMILES string of the molecule is CN1C(=O)[C@H]2COC[C@@H]1CN(C(=O)CCCc1cn[nH]c1)C2. The predicted molar refractivity (Wildman–Crippen MR) is 79.0 cm³/mol. The summed E-state index contributed by atoms with van der Waals surface area (Å²) in [7, 11) is 1.81. The molecule has 22 heavy (non-hydrogen) atoms. The van der Waals surface area contributed by atoms with Crippen LogP contribution in [-0.2, 0) is 20.7 Å². The molecule has 0 radical (unpaired) electrons. The minimum atomic E-state index is -0.227. The van der Waals surface area contributed by atoms with E-state index in [1.165, 1.54) is 0 Å². The maximum atomic E-state index is 12.5. The van der Waals surface area contributed by atoms with Crippen LogP contribution in [0, 0.1) is 5.92 Å². The van der Waals surface area contributed by atoms with Crippen molar-refractivity contribution in [2.45, 2.75) is 25.3 Å². The molecular weight excluding hydrogens is 284 g/mol. The van der Waals surface area contributed by atoms with Crippen LogP contribution < -0.4 is 0 Å². The second kappa shape index (κ2) is 6.48. The molecule has 2 amide bonds. The standard InChI is InChI=1S/C15H22N4O3/c1-18-13-8-19(7-12(15(18)21)9-22-10-13)14(20)4-2-3-11-5-16-17-6-11/h5-6,12-13H,2-4,7-10H2,1H3,(H,16,17)/t12-,13+/m1/s1. The van der Waals surface area contributed by atoms with Gasteiger partial charge >= 0.3 is 0 Å². The maximum Gasteiger partial charge on any atom is 0.229 e. The normalized spacial score (nSPS) is 25.2. The van der Waals surface area contributed by atoms with Gasteiger partial charge in [0.05, 0.1) is 31.4 Å². The monoisotopic (exact) mass is 306 g/mol. The van der Waals surface area contributed by atoms with Crippen molar-refractivity contribution >= 4 is 11.8 Å². The molecule has 2 aliphatic heterocycles. The van der Waals surface area contributed by atoms with Gasteiger partial charge in [0.1, 0.15) is 0 Å². The summed E-state index contributed by atoms with van der Waals surface area (Å²) in [5.74, 6) is -0.00462. The molecular formula is C15H22N4O3. The number of likely N-dealkylation sites (N-methyl/N-ethyl adjacent to an activating group) is 1. The van der Waals surface area contributed by atoms with Crippen molar-refractivity contribution in [1.29, 1.82) is 0 Å². The molecule has 120 valence electrons. The van der Waals surface area contributed by atoms with Crippen LogP contribution in [0.5, 0.6) is 0 Å². The molecule has 2 atom stereocenters. The first-order valence-electron chi connectivity index (χ1n) is 7.75. The summed E-state index contributed by atoms with van der Waals surface area (Å²) >= 11 is 0.